The summed E-state index contributed by atoms with van der Waals surface area (Å²) < 4.78 is 52.1. The second kappa shape index (κ2) is 11.4. The Kier molecular flexibility index (Phi) is 8.57. The molecular weight excluding hydrogens is 487 g/mol. The van der Waals surface area contributed by atoms with Gasteiger partial charge in [-0.05, 0) is 76.6 Å². The van der Waals surface area contributed by atoms with Crippen LogP contribution in [0.25, 0.3) is 22.4 Å². The van der Waals surface area contributed by atoms with Crippen molar-refractivity contribution in [2.45, 2.75) is 46.6 Å². The number of alkyl halides is 2. The van der Waals surface area contributed by atoms with Crippen LogP contribution < -0.4 is 10.5 Å². The molecule has 0 saturated heterocycles. The Morgan fingerprint density at radius 1 is 1.08 bits per heavy atom. The van der Waals surface area contributed by atoms with Crippen molar-refractivity contribution in [2.24, 2.45) is 0 Å². The van der Waals surface area contributed by atoms with Gasteiger partial charge in [-0.25, -0.2) is 22.9 Å². The predicted octanol–water partition coefficient (Wildman–Crippen LogP) is 5.81. The van der Waals surface area contributed by atoms with E-state index < -0.39 is 29.6 Å². The third kappa shape index (κ3) is 7.31. The van der Waals surface area contributed by atoms with Gasteiger partial charge in [0, 0.05) is 17.8 Å². The molecule has 0 unspecified atom stereocenters. The lowest BCUT2D eigenvalue weighted by molar-refractivity contribution is 0.0236. The van der Waals surface area contributed by atoms with Crippen LogP contribution in [-0.4, -0.2) is 51.2 Å². The molecule has 3 rings (SSSR count). The number of pyridine rings is 1. The Morgan fingerprint density at radius 3 is 2.35 bits per heavy atom. The first-order valence-electron chi connectivity index (χ1n) is 11.7. The molecule has 0 saturated carbocycles. The number of aromatic nitrogens is 3. The van der Waals surface area contributed by atoms with Crippen LogP contribution in [0.15, 0.2) is 36.4 Å². The number of benzene rings is 1. The summed E-state index contributed by atoms with van der Waals surface area (Å²) in [6.45, 7) is 9.25. The number of nitrogen functional groups attached to an aromatic ring is 1. The number of amides is 1. The lowest BCUT2D eigenvalue weighted by atomic mass is 9.99. The van der Waals surface area contributed by atoms with Gasteiger partial charge < -0.3 is 20.1 Å². The molecule has 0 radical (unpaired) electrons. The molecule has 2 heterocycles. The first-order chi connectivity index (χ1) is 17.4. The van der Waals surface area contributed by atoms with E-state index in [1.54, 1.807) is 40.7 Å². The molecule has 198 valence electrons. The Morgan fingerprint density at radius 2 is 1.76 bits per heavy atom. The molecule has 8 nitrogen and oxygen atoms in total. The third-order valence-corrected chi connectivity index (χ3v) is 5.13. The fraction of sp³-hybridized carbons (Fsp3) is 0.385. The number of ether oxygens (including phenoxy) is 2. The number of aryl methyl sites for hydroxylation is 1. The molecule has 1 amide bonds. The number of nitrogens with two attached hydrogens (primary N) is 1. The van der Waals surface area contributed by atoms with Gasteiger partial charge in [0.05, 0.1) is 17.8 Å². The summed E-state index contributed by atoms with van der Waals surface area (Å²) in [6.07, 6.45) is -3.31. The van der Waals surface area contributed by atoms with Crippen molar-refractivity contribution in [1.29, 1.82) is 0 Å². The molecule has 0 bridgehead atoms. The minimum Gasteiger partial charge on any atom is -0.475 e. The van der Waals surface area contributed by atoms with Crippen molar-refractivity contribution in [1.82, 2.24) is 19.9 Å². The molecule has 2 N–H and O–H groups in total. The van der Waals surface area contributed by atoms with Crippen LogP contribution in [0.5, 0.6) is 5.88 Å². The van der Waals surface area contributed by atoms with E-state index in [2.05, 4.69) is 15.0 Å². The van der Waals surface area contributed by atoms with E-state index in [0.717, 1.165) is 0 Å². The second-order valence-corrected chi connectivity index (χ2v) is 9.25. The highest BCUT2D eigenvalue weighted by Crippen LogP contribution is 2.39. The zero-order valence-electron chi connectivity index (χ0n) is 21.4. The van der Waals surface area contributed by atoms with Gasteiger partial charge in [-0.3, -0.25) is 4.98 Å². The number of carbonyl (C=O) groups is 1. The summed E-state index contributed by atoms with van der Waals surface area (Å²) >= 11 is 0. The van der Waals surface area contributed by atoms with Crippen molar-refractivity contribution in [2.75, 3.05) is 25.4 Å². The van der Waals surface area contributed by atoms with Crippen LogP contribution >= 0.6 is 0 Å². The normalized spacial score (nSPS) is 11.5. The fourth-order valence-corrected chi connectivity index (χ4v) is 3.55. The van der Waals surface area contributed by atoms with Gasteiger partial charge >= 0.3 is 6.09 Å². The van der Waals surface area contributed by atoms with Gasteiger partial charge in [0.2, 0.25) is 11.8 Å². The van der Waals surface area contributed by atoms with E-state index in [1.165, 1.54) is 35.2 Å². The first kappa shape index (κ1) is 27.7. The maximum Gasteiger partial charge on any atom is 0.410 e. The Bertz CT molecular complexity index is 1250. The Balaban J connectivity index is 2.04. The van der Waals surface area contributed by atoms with Gasteiger partial charge in [0.15, 0.2) is 0 Å². The number of halogens is 3. The van der Waals surface area contributed by atoms with Gasteiger partial charge in [-0.15, -0.1) is 0 Å². The molecule has 1 aromatic carbocycles. The van der Waals surface area contributed by atoms with Crippen molar-refractivity contribution < 1.29 is 27.4 Å². The lowest BCUT2D eigenvalue weighted by Gasteiger charge is -2.26. The smallest absolute Gasteiger partial charge is 0.410 e. The average Bonchev–Trinajstić information content (AvgIpc) is 2.80. The van der Waals surface area contributed by atoms with E-state index in [1.807, 2.05) is 0 Å². The van der Waals surface area contributed by atoms with Gasteiger partial charge in [-0.2, -0.15) is 4.98 Å². The summed E-state index contributed by atoms with van der Waals surface area (Å²) in [5, 5.41) is 0. The molecule has 0 aliphatic heterocycles. The van der Waals surface area contributed by atoms with Gasteiger partial charge in [0.25, 0.3) is 6.43 Å². The number of rotatable bonds is 8. The maximum atomic E-state index is 13.6. The molecule has 2 aromatic heterocycles. The molecule has 0 atom stereocenters. The van der Waals surface area contributed by atoms with Crippen LogP contribution in [0.4, 0.5) is 23.9 Å². The molecule has 0 spiro atoms. The second-order valence-electron chi connectivity index (χ2n) is 9.25. The number of nitrogens with zero attached hydrogens (tertiary/aromatic N) is 4. The lowest BCUT2D eigenvalue weighted by Crippen LogP contribution is -2.39. The van der Waals surface area contributed by atoms with E-state index in [-0.39, 0.29) is 36.2 Å². The van der Waals surface area contributed by atoms with Crippen LogP contribution in [-0.2, 0) is 4.74 Å². The minimum absolute atomic E-state index is 0.00512. The monoisotopic (exact) mass is 517 g/mol. The molecule has 37 heavy (non-hydrogen) atoms. The van der Waals surface area contributed by atoms with Crippen molar-refractivity contribution in [3.8, 4) is 28.3 Å². The average molecular weight is 518 g/mol. The highest BCUT2D eigenvalue weighted by atomic mass is 19.3. The van der Waals surface area contributed by atoms with E-state index in [9.17, 15) is 18.0 Å². The Labute approximate surface area is 213 Å². The first-order valence-corrected chi connectivity index (χ1v) is 11.7. The van der Waals surface area contributed by atoms with Gasteiger partial charge in [0.1, 0.15) is 23.7 Å². The summed E-state index contributed by atoms with van der Waals surface area (Å²) in [6, 6.07) is 8.31. The minimum atomic E-state index is -2.81. The number of likely N-dealkylation sites (N-methyl/N-ethyl adjacent to an activating group) is 1. The predicted molar refractivity (Wildman–Crippen MR) is 134 cm³/mol. The van der Waals surface area contributed by atoms with E-state index in [0.29, 0.717) is 23.4 Å². The standard InChI is InChI=1S/C26H30F3N5O3/c1-6-34(25(35)37-26(3,4)5)11-12-36-23-20(17-13-15(2)31-19(14-17)22(28)29)21(32-24(30)33-23)16-7-9-18(27)10-8-16/h7-10,13-14,22H,6,11-12H2,1-5H3,(H2,30,32,33). The van der Waals surface area contributed by atoms with Crippen molar-refractivity contribution >= 4 is 12.0 Å². The SMILES string of the molecule is CCN(CCOc1nc(N)nc(-c2ccc(F)cc2)c1-c1cc(C)nc(C(F)F)c1)C(=O)OC(C)(C)C. The molecule has 11 heteroatoms. The summed E-state index contributed by atoms with van der Waals surface area (Å²) in [5.74, 6) is -0.555. The summed E-state index contributed by atoms with van der Waals surface area (Å²) in [4.78, 5) is 26.4. The van der Waals surface area contributed by atoms with Gasteiger partial charge in [-0.1, -0.05) is 0 Å². The molecule has 3 aromatic rings. The zero-order chi connectivity index (χ0) is 27.3. The number of hydrogen-bond donors (Lipinski definition) is 1. The summed E-state index contributed by atoms with van der Waals surface area (Å²) in [5.41, 5.74) is 6.59. The highest BCUT2D eigenvalue weighted by molar-refractivity contribution is 5.85. The number of anilines is 1. The topological polar surface area (TPSA) is 103 Å². The van der Waals surface area contributed by atoms with Crippen molar-refractivity contribution in [3.63, 3.8) is 0 Å². The van der Waals surface area contributed by atoms with Crippen LogP contribution in [0.2, 0.25) is 0 Å². The quantitative estimate of drug-likeness (QED) is 0.402. The maximum absolute atomic E-state index is 13.6. The van der Waals surface area contributed by atoms with Crippen LogP contribution in [0, 0.1) is 12.7 Å². The van der Waals surface area contributed by atoms with Crippen LogP contribution in [0.1, 0.15) is 45.5 Å². The number of carbonyl (C=O) groups excluding carboxylic acids is 1. The zero-order valence-corrected chi connectivity index (χ0v) is 21.4. The fourth-order valence-electron chi connectivity index (χ4n) is 3.55. The molecule has 0 aliphatic carbocycles. The van der Waals surface area contributed by atoms with Crippen LogP contribution in [0.3, 0.4) is 0 Å². The molecule has 0 aliphatic rings. The molecular formula is C26H30F3N5O3. The third-order valence-electron chi connectivity index (χ3n) is 5.13. The number of hydrogen-bond acceptors (Lipinski definition) is 7. The molecule has 0 fully saturated rings. The van der Waals surface area contributed by atoms with E-state index >= 15 is 0 Å². The Hall–Kier alpha value is -3.89. The largest absolute Gasteiger partial charge is 0.475 e. The summed E-state index contributed by atoms with van der Waals surface area (Å²) in [7, 11) is 0. The van der Waals surface area contributed by atoms with Crippen molar-refractivity contribution in [3.05, 3.63) is 53.6 Å². The highest BCUT2D eigenvalue weighted by Gasteiger charge is 2.23. The van der Waals surface area contributed by atoms with E-state index in [4.69, 9.17) is 15.2 Å².